The van der Waals surface area contributed by atoms with Gasteiger partial charge in [-0.3, -0.25) is 5.73 Å². The van der Waals surface area contributed by atoms with Crippen molar-refractivity contribution >= 4 is 0 Å². The van der Waals surface area contributed by atoms with Crippen molar-refractivity contribution in [1.29, 1.82) is 0 Å². The summed E-state index contributed by atoms with van der Waals surface area (Å²) < 4.78 is 164. The van der Waals surface area contributed by atoms with Gasteiger partial charge >= 0.3 is 35.7 Å². The predicted molar refractivity (Wildman–Crippen MR) is 44.4 cm³/mol. The van der Waals surface area contributed by atoms with E-state index in [1.807, 2.05) is 0 Å². The third-order valence-corrected chi connectivity index (χ3v) is 2.52. The molecule has 0 heterocycles. The summed E-state index contributed by atoms with van der Waals surface area (Å²) in [5, 5.41) is 0. The van der Waals surface area contributed by atoms with Crippen LogP contribution in [0.5, 0.6) is 0 Å². The molecule has 0 aliphatic heterocycles. The molecular formula is C8H6F13N. The Balaban J connectivity index is 6.24. The van der Waals surface area contributed by atoms with Crippen LogP contribution in [0.15, 0.2) is 0 Å². The molecule has 2 N–H and O–H groups in total. The molecule has 22 heavy (non-hydrogen) atoms. The SMILES string of the molecule is CC(F)C(F)(F)C(F)(F)C(F)(F)C(F)(F)C(F)(F)C(N)(F)F. The fourth-order valence-corrected chi connectivity index (χ4v) is 1.06. The first kappa shape index (κ1) is 21.0. The van der Waals surface area contributed by atoms with E-state index in [0.29, 0.717) is 0 Å². The lowest BCUT2D eigenvalue weighted by Gasteiger charge is -2.40. The van der Waals surface area contributed by atoms with Crippen molar-refractivity contribution in [2.24, 2.45) is 5.73 Å². The fraction of sp³-hybridized carbons (Fsp3) is 1.00. The first-order valence-corrected chi connectivity index (χ1v) is 4.89. The average molecular weight is 363 g/mol. The predicted octanol–water partition coefficient (Wildman–Crippen LogP) is 4.07. The topological polar surface area (TPSA) is 26.0 Å². The molecule has 14 heteroatoms. The van der Waals surface area contributed by atoms with Crippen LogP contribution in [0, 0.1) is 0 Å². The maximum absolute atomic E-state index is 12.8. The van der Waals surface area contributed by atoms with Crippen LogP contribution in [-0.4, -0.2) is 41.8 Å². The zero-order valence-corrected chi connectivity index (χ0v) is 10.1. The molecule has 0 aromatic heterocycles. The molecule has 1 atom stereocenters. The monoisotopic (exact) mass is 363 g/mol. The quantitative estimate of drug-likeness (QED) is 0.559. The van der Waals surface area contributed by atoms with Crippen molar-refractivity contribution in [3.63, 3.8) is 0 Å². The van der Waals surface area contributed by atoms with Gasteiger partial charge < -0.3 is 0 Å². The third-order valence-electron chi connectivity index (χ3n) is 2.52. The minimum absolute atomic E-state index is 0.461. The fourth-order valence-electron chi connectivity index (χ4n) is 1.06. The summed E-state index contributed by atoms with van der Waals surface area (Å²) >= 11 is 0. The standard InChI is InChI=1S/C8H6F13N/c1-2(9)3(10,11)4(12,13)5(14,15)6(16,17)7(18,19)8(20,21)22/h2H,22H2,1H3. The summed E-state index contributed by atoms with van der Waals surface area (Å²) in [7, 11) is 0. The van der Waals surface area contributed by atoms with Crippen molar-refractivity contribution in [2.75, 3.05) is 0 Å². The van der Waals surface area contributed by atoms with Gasteiger partial charge in [-0.15, -0.1) is 0 Å². The summed E-state index contributed by atoms with van der Waals surface area (Å²) in [6, 6.07) is -6.47. The zero-order valence-electron chi connectivity index (χ0n) is 10.1. The summed E-state index contributed by atoms with van der Waals surface area (Å²) in [5.41, 5.74) is 3.21. The van der Waals surface area contributed by atoms with Gasteiger partial charge in [0, 0.05) is 0 Å². The Labute approximate surface area is 113 Å². The molecule has 0 aliphatic carbocycles. The molecule has 134 valence electrons. The summed E-state index contributed by atoms with van der Waals surface area (Å²) in [4.78, 5) is 0. The normalized spacial score (nSPS) is 17.6. The maximum atomic E-state index is 12.8. The second-order valence-corrected chi connectivity index (χ2v) is 4.16. The van der Waals surface area contributed by atoms with Crippen molar-refractivity contribution in [3.05, 3.63) is 0 Å². The largest absolute Gasteiger partial charge is 0.392 e. The second kappa shape index (κ2) is 5.03. The Bertz CT molecular complexity index is 407. The third kappa shape index (κ3) is 2.48. The number of nitrogens with two attached hydrogens (primary N) is 1. The molecule has 0 bridgehead atoms. The number of hydrogen-bond acceptors (Lipinski definition) is 1. The van der Waals surface area contributed by atoms with Crippen molar-refractivity contribution < 1.29 is 57.1 Å². The van der Waals surface area contributed by atoms with Crippen LogP contribution in [0.2, 0.25) is 0 Å². The first-order chi connectivity index (χ1) is 9.19. The van der Waals surface area contributed by atoms with Crippen molar-refractivity contribution in [2.45, 2.75) is 48.8 Å². The smallest absolute Gasteiger partial charge is 0.267 e. The van der Waals surface area contributed by atoms with Gasteiger partial charge in [0.15, 0.2) is 6.17 Å². The molecular weight excluding hydrogens is 357 g/mol. The van der Waals surface area contributed by atoms with E-state index in [1.54, 1.807) is 0 Å². The van der Waals surface area contributed by atoms with E-state index in [4.69, 9.17) is 0 Å². The summed E-state index contributed by atoms with van der Waals surface area (Å²) in [6.45, 7) is -0.461. The maximum Gasteiger partial charge on any atom is 0.392 e. The van der Waals surface area contributed by atoms with Crippen LogP contribution in [0.3, 0.4) is 0 Å². The van der Waals surface area contributed by atoms with E-state index in [0.717, 1.165) is 0 Å². The van der Waals surface area contributed by atoms with E-state index >= 15 is 0 Å². The lowest BCUT2D eigenvalue weighted by atomic mass is 9.92. The van der Waals surface area contributed by atoms with E-state index < -0.39 is 48.8 Å². The highest BCUT2D eigenvalue weighted by Gasteiger charge is 2.90. The Morgan fingerprint density at radius 3 is 1.09 bits per heavy atom. The molecule has 1 unspecified atom stereocenters. The van der Waals surface area contributed by atoms with Crippen LogP contribution in [0.4, 0.5) is 57.1 Å². The molecule has 0 amide bonds. The van der Waals surface area contributed by atoms with Gasteiger partial charge in [0.2, 0.25) is 0 Å². The van der Waals surface area contributed by atoms with Crippen LogP contribution in [0.25, 0.3) is 0 Å². The second-order valence-electron chi connectivity index (χ2n) is 4.16. The van der Waals surface area contributed by atoms with Crippen LogP contribution in [-0.2, 0) is 0 Å². The Hall–Kier alpha value is -0.950. The van der Waals surface area contributed by atoms with Crippen molar-refractivity contribution in [3.8, 4) is 0 Å². The highest BCUT2D eigenvalue weighted by Crippen LogP contribution is 2.59. The van der Waals surface area contributed by atoms with Gasteiger partial charge in [0.25, 0.3) is 0 Å². The molecule has 0 aromatic carbocycles. The van der Waals surface area contributed by atoms with Crippen LogP contribution >= 0.6 is 0 Å². The lowest BCUT2D eigenvalue weighted by Crippen LogP contribution is -2.72. The number of alkyl halides is 13. The van der Waals surface area contributed by atoms with Gasteiger partial charge in [-0.2, -0.15) is 52.7 Å². The van der Waals surface area contributed by atoms with Gasteiger partial charge in [-0.05, 0) is 6.92 Å². The molecule has 0 aliphatic rings. The molecule has 0 spiro atoms. The molecule has 0 fully saturated rings. The Kier molecular flexibility index (Phi) is 4.81. The minimum atomic E-state index is -7.77. The molecule has 0 rings (SSSR count). The Morgan fingerprint density at radius 2 is 0.864 bits per heavy atom. The van der Waals surface area contributed by atoms with Gasteiger partial charge in [-0.1, -0.05) is 0 Å². The summed E-state index contributed by atoms with van der Waals surface area (Å²) in [6.07, 6.45) is -4.20. The van der Waals surface area contributed by atoms with Gasteiger partial charge in [0.05, 0.1) is 0 Å². The van der Waals surface area contributed by atoms with E-state index in [9.17, 15) is 57.1 Å². The van der Waals surface area contributed by atoms with E-state index in [-0.39, 0.29) is 0 Å². The molecule has 0 saturated carbocycles. The number of hydrogen-bond donors (Lipinski definition) is 1. The van der Waals surface area contributed by atoms with Crippen LogP contribution in [0.1, 0.15) is 6.92 Å². The molecule has 0 aromatic rings. The van der Waals surface area contributed by atoms with Crippen LogP contribution < -0.4 is 5.73 Å². The minimum Gasteiger partial charge on any atom is -0.267 e. The number of halogens is 13. The lowest BCUT2D eigenvalue weighted by molar-refractivity contribution is -0.428. The zero-order chi connectivity index (χ0) is 18.6. The average Bonchev–Trinajstić information content (AvgIpc) is 2.25. The van der Waals surface area contributed by atoms with Crippen molar-refractivity contribution in [1.82, 2.24) is 0 Å². The van der Waals surface area contributed by atoms with E-state index in [2.05, 4.69) is 5.73 Å². The highest BCUT2D eigenvalue weighted by atomic mass is 19.4. The summed E-state index contributed by atoms with van der Waals surface area (Å²) in [5.74, 6) is -36.9. The first-order valence-electron chi connectivity index (χ1n) is 4.89. The van der Waals surface area contributed by atoms with E-state index in [1.165, 1.54) is 0 Å². The van der Waals surface area contributed by atoms with Gasteiger partial charge in [0.1, 0.15) is 0 Å². The molecule has 0 radical (unpaired) electrons. The number of rotatable bonds is 6. The molecule has 1 nitrogen and oxygen atoms in total. The highest BCUT2D eigenvalue weighted by molar-refractivity contribution is 5.11. The molecule has 0 saturated heterocycles. The Morgan fingerprint density at radius 1 is 0.591 bits per heavy atom. The van der Waals surface area contributed by atoms with Gasteiger partial charge in [-0.25, -0.2) is 4.39 Å².